The summed E-state index contributed by atoms with van der Waals surface area (Å²) in [5.41, 5.74) is 7.88. The number of pyridine rings is 1. The maximum atomic E-state index is 5.76. The summed E-state index contributed by atoms with van der Waals surface area (Å²) in [6.07, 6.45) is 6.48. The minimum absolute atomic E-state index is 0.348. The lowest BCUT2D eigenvalue weighted by Crippen LogP contribution is -2.08. The van der Waals surface area contributed by atoms with Crippen LogP contribution in [0.2, 0.25) is 0 Å². The van der Waals surface area contributed by atoms with Crippen LogP contribution in [0.25, 0.3) is 11.3 Å². The Morgan fingerprint density at radius 3 is 3.05 bits per heavy atom. The van der Waals surface area contributed by atoms with Gasteiger partial charge in [-0.15, -0.1) is 11.3 Å². The highest BCUT2D eigenvalue weighted by atomic mass is 32.1. The van der Waals surface area contributed by atoms with Crippen molar-refractivity contribution in [2.75, 3.05) is 5.73 Å². The number of rotatable bonds is 4. The summed E-state index contributed by atoms with van der Waals surface area (Å²) in [6, 6.07) is 8.45. The van der Waals surface area contributed by atoms with Gasteiger partial charge in [0.05, 0.1) is 18.2 Å². The second-order valence-corrected chi connectivity index (χ2v) is 5.82. The Morgan fingerprint density at radius 1 is 1.40 bits per heavy atom. The third kappa shape index (κ3) is 2.58. The number of nitrogens with zero attached hydrogens (tertiary/aromatic N) is 3. The molecule has 3 rings (SSSR count). The Kier molecular flexibility index (Phi) is 3.52. The summed E-state index contributed by atoms with van der Waals surface area (Å²) in [5, 5.41) is 2.11. The van der Waals surface area contributed by atoms with Gasteiger partial charge >= 0.3 is 0 Å². The fourth-order valence-electron chi connectivity index (χ4n) is 2.31. The SMILES string of the molecule is CC(Cc1cccs1)n1cncc1-c1ccnc(N)c1. The average Bonchev–Trinajstić information content (AvgIpc) is 3.09. The van der Waals surface area contributed by atoms with E-state index in [1.807, 2.05) is 24.7 Å². The molecule has 0 amide bonds. The molecule has 0 aromatic carbocycles. The van der Waals surface area contributed by atoms with E-state index in [1.165, 1.54) is 4.88 Å². The predicted molar refractivity (Wildman–Crippen MR) is 82.6 cm³/mol. The zero-order valence-corrected chi connectivity index (χ0v) is 12.0. The molecule has 0 saturated heterocycles. The van der Waals surface area contributed by atoms with Crippen LogP contribution in [-0.2, 0) is 6.42 Å². The molecule has 5 heteroatoms. The first-order valence-electron chi connectivity index (χ1n) is 6.50. The topological polar surface area (TPSA) is 56.7 Å². The maximum absolute atomic E-state index is 5.76. The minimum atomic E-state index is 0.348. The van der Waals surface area contributed by atoms with Crippen LogP contribution >= 0.6 is 11.3 Å². The number of hydrogen-bond donors (Lipinski definition) is 1. The van der Waals surface area contributed by atoms with Gasteiger partial charge in [-0.25, -0.2) is 9.97 Å². The number of anilines is 1. The van der Waals surface area contributed by atoms with Crippen LogP contribution in [0.15, 0.2) is 48.4 Å². The molecule has 1 atom stereocenters. The van der Waals surface area contributed by atoms with E-state index in [9.17, 15) is 0 Å². The zero-order valence-electron chi connectivity index (χ0n) is 11.2. The molecule has 1 unspecified atom stereocenters. The second-order valence-electron chi connectivity index (χ2n) is 4.79. The fourth-order valence-corrected chi connectivity index (χ4v) is 3.13. The zero-order chi connectivity index (χ0) is 13.9. The van der Waals surface area contributed by atoms with E-state index in [-0.39, 0.29) is 0 Å². The molecule has 3 aromatic heterocycles. The van der Waals surface area contributed by atoms with Gasteiger partial charge < -0.3 is 10.3 Å². The molecular formula is C15H16N4S. The van der Waals surface area contributed by atoms with E-state index in [0.717, 1.165) is 17.7 Å². The molecule has 0 aliphatic heterocycles. The quantitative estimate of drug-likeness (QED) is 0.799. The first kappa shape index (κ1) is 12.9. The van der Waals surface area contributed by atoms with Crippen molar-refractivity contribution in [1.82, 2.24) is 14.5 Å². The molecule has 0 bridgehead atoms. The summed E-state index contributed by atoms with van der Waals surface area (Å²) in [4.78, 5) is 9.70. The van der Waals surface area contributed by atoms with Crippen molar-refractivity contribution in [1.29, 1.82) is 0 Å². The Hall–Kier alpha value is -2.14. The van der Waals surface area contributed by atoms with Crippen molar-refractivity contribution in [2.45, 2.75) is 19.4 Å². The minimum Gasteiger partial charge on any atom is -0.384 e. The van der Waals surface area contributed by atoms with Crippen LogP contribution in [-0.4, -0.2) is 14.5 Å². The lowest BCUT2D eigenvalue weighted by Gasteiger charge is -2.16. The van der Waals surface area contributed by atoms with Crippen molar-refractivity contribution >= 4 is 17.2 Å². The van der Waals surface area contributed by atoms with E-state index >= 15 is 0 Å². The molecule has 0 spiro atoms. The van der Waals surface area contributed by atoms with Crippen LogP contribution < -0.4 is 5.73 Å². The van der Waals surface area contributed by atoms with Crippen molar-refractivity contribution in [2.24, 2.45) is 0 Å². The molecule has 3 heterocycles. The average molecular weight is 284 g/mol. The molecule has 20 heavy (non-hydrogen) atoms. The molecule has 2 N–H and O–H groups in total. The Morgan fingerprint density at radius 2 is 2.30 bits per heavy atom. The van der Waals surface area contributed by atoms with Gasteiger partial charge in [0.25, 0.3) is 0 Å². The highest BCUT2D eigenvalue weighted by Gasteiger charge is 2.12. The summed E-state index contributed by atoms with van der Waals surface area (Å²) >= 11 is 1.79. The van der Waals surface area contributed by atoms with Gasteiger partial charge in [-0.05, 0) is 30.5 Å². The van der Waals surface area contributed by atoms with Crippen LogP contribution in [0.5, 0.6) is 0 Å². The van der Waals surface area contributed by atoms with Crippen LogP contribution in [0, 0.1) is 0 Å². The lowest BCUT2D eigenvalue weighted by molar-refractivity contribution is 0.553. The van der Waals surface area contributed by atoms with Gasteiger partial charge in [0, 0.05) is 29.1 Å². The number of nitrogen functional groups attached to an aromatic ring is 1. The van der Waals surface area contributed by atoms with Gasteiger partial charge in [0.15, 0.2) is 0 Å². The molecule has 0 aliphatic carbocycles. The van der Waals surface area contributed by atoms with Gasteiger partial charge in [-0.3, -0.25) is 0 Å². The van der Waals surface area contributed by atoms with Crippen LogP contribution in [0.1, 0.15) is 17.8 Å². The van der Waals surface area contributed by atoms with Gasteiger partial charge in [-0.1, -0.05) is 6.07 Å². The number of imidazole rings is 1. The Labute approximate surface area is 121 Å². The summed E-state index contributed by atoms with van der Waals surface area (Å²) in [6.45, 7) is 2.20. The third-order valence-electron chi connectivity index (χ3n) is 3.29. The first-order chi connectivity index (χ1) is 9.74. The highest BCUT2D eigenvalue weighted by molar-refractivity contribution is 7.09. The molecule has 0 aliphatic rings. The number of thiophene rings is 1. The maximum Gasteiger partial charge on any atom is 0.123 e. The fraction of sp³-hybridized carbons (Fsp3) is 0.200. The second kappa shape index (κ2) is 5.46. The third-order valence-corrected chi connectivity index (χ3v) is 4.19. The number of aromatic nitrogens is 3. The van der Waals surface area contributed by atoms with E-state index in [1.54, 1.807) is 17.5 Å². The van der Waals surface area contributed by atoms with Gasteiger partial charge in [0.1, 0.15) is 5.82 Å². The largest absolute Gasteiger partial charge is 0.384 e. The Balaban J connectivity index is 1.90. The van der Waals surface area contributed by atoms with Crippen molar-refractivity contribution < 1.29 is 0 Å². The number of hydrogen-bond acceptors (Lipinski definition) is 4. The first-order valence-corrected chi connectivity index (χ1v) is 7.38. The van der Waals surface area contributed by atoms with Crippen LogP contribution in [0.3, 0.4) is 0 Å². The Bertz CT molecular complexity index is 687. The normalized spacial score (nSPS) is 12.4. The van der Waals surface area contributed by atoms with Crippen molar-refractivity contribution in [3.05, 3.63) is 53.2 Å². The van der Waals surface area contributed by atoms with E-state index in [4.69, 9.17) is 5.73 Å². The van der Waals surface area contributed by atoms with E-state index in [2.05, 4.69) is 39.0 Å². The standard InChI is InChI=1S/C15H16N4S/c1-11(7-13-3-2-6-20-13)19-10-17-9-14(19)12-4-5-18-15(16)8-12/h2-6,8-11H,7H2,1H3,(H2,16,18). The van der Waals surface area contributed by atoms with Gasteiger partial charge in [-0.2, -0.15) is 0 Å². The summed E-state index contributed by atoms with van der Waals surface area (Å²) in [5.74, 6) is 0.529. The molecular weight excluding hydrogens is 268 g/mol. The highest BCUT2D eigenvalue weighted by Crippen LogP contribution is 2.26. The molecule has 4 nitrogen and oxygen atoms in total. The van der Waals surface area contributed by atoms with Crippen molar-refractivity contribution in [3.63, 3.8) is 0 Å². The predicted octanol–water partition coefficient (Wildman–Crippen LogP) is 3.39. The molecule has 102 valence electrons. The molecule has 3 aromatic rings. The molecule has 0 saturated carbocycles. The van der Waals surface area contributed by atoms with E-state index in [0.29, 0.717) is 11.9 Å². The summed E-state index contributed by atoms with van der Waals surface area (Å²) < 4.78 is 2.19. The van der Waals surface area contributed by atoms with Gasteiger partial charge in [0.2, 0.25) is 0 Å². The summed E-state index contributed by atoms with van der Waals surface area (Å²) in [7, 11) is 0. The number of nitrogens with two attached hydrogens (primary N) is 1. The smallest absolute Gasteiger partial charge is 0.123 e. The van der Waals surface area contributed by atoms with E-state index < -0.39 is 0 Å². The lowest BCUT2D eigenvalue weighted by atomic mass is 10.1. The monoisotopic (exact) mass is 284 g/mol. The van der Waals surface area contributed by atoms with Crippen LogP contribution in [0.4, 0.5) is 5.82 Å². The van der Waals surface area contributed by atoms with Crippen molar-refractivity contribution in [3.8, 4) is 11.3 Å². The molecule has 0 radical (unpaired) electrons. The molecule has 0 fully saturated rings.